The van der Waals surface area contributed by atoms with Gasteiger partial charge in [0, 0.05) is 0 Å². The lowest BCUT2D eigenvalue weighted by Crippen LogP contribution is -2.37. The highest BCUT2D eigenvalue weighted by molar-refractivity contribution is 5.43. The second-order valence-electron chi connectivity index (χ2n) is 3.65. The van der Waals surface area contributed by atoms with Crippen molar-refractivity contribution >= 4 is 0 Å². The molecule has 3 N–H and O–H groups in total. The number of nitrogens with one attached hydrogen (secondary N) is 1. The SMILES string of the molecule is COc1ccc(C(NN)N(C)C)cc1OC. The second kappa shape index (κ2) is 5.69. The van der Waals surface area contributed by atoms with Crippen LogP contribution in [0.1, 0.15) is 11.7 Å². The molecule has 0 heterocycles. The summed E-state index contributed by atoms with van der Waals surface area (Å²) < 4.78 is 10.4. The van der Waals surface area contributed by atoms with Crippen LogP contribution in [0.3, 0.4) is 0 Å². The molecule has 1 unspecified atom stereocenters. The summed E-state index contributed by atoms with van der Waals surface area (Å²) in [6.07, 6.45) is -0.0557. The number of nitrogens with zero attached hydrogens (tertiary/aromatic N) is 1. The standard InChI is InChI=1S/C11H19N3O2/c1-14(2)11(13-12)8-5-6-9(15-3)10(7-8)16-4/h5-7,11,13H,12H2,1-4H3. The fourth-order valence-electron chi connectivity index (χ4n) is 1.57. The second-order valence-corrected chi connectivity index (χ2v) is 3.65. The molecule has 0 spiro atoms. The molecule has 0 saturated heterocycles. The van der Waals surface area contributed by atoms with E-state index in [9.17, 15) is 0 Å². The van der Waals surface area contributed by atoms with Crippen LogP contribution in [0.5, 0.6) is 11.5 Å². The van der Waals surface area contributed by atoms with Crippen LogP contribution in [0.4, 0.5) is 0 Å². The maximum Gasteiger partial charge on any atom is 0.161 e. The number of benzene rings is 1. The molecule has 90 valence electrons. The van der Waals surface area contributed by atoms with Gasteiger partial charge in [-0.15, -0.1) is 0 Å². The van der Waals surface area contributed by atoms with E-state index in [1.165, 1.54) is 0 Å². The van der Waals surface area contributed by atoms with Crippen molar-refractivity contribution in [2.75, 3.05) is 28.3 Å². The smallest absolute Gasteiger partial charge is 0.161 e. The van der Waals surface area contributed by atoms with E-state index in [1.54, 1.807) is 14.2 Å². The molecule has 1 atom stereocenters. The largest absolute Gasteiger partial charge is 0.493 e. The number of hydrogen-bond acceptors (Lipinski definition) is 5. The molecule has 0 saturated carbocycles. The van der Waals surface area contributed by atoms with Crippen LogP contribution in [-0.4, -0.2) is 33.2 Å². The molecule has 0 aromatic heterocycles. The Balaban J connectivity index is 3.06. The first-order valence-corrected chi connectivity index (χ1v) is 4.98. The predicted molar refractivity (Wildman–Crippen MR) is 63.3 cm³/mol. The van der Waals surface area contributed by atoms with E-state index < -0.39 is 0 Å². The third-order valence-electron chi connectivity index (χ3n) is 2.40. The molecular weight excluding hydrogens is 206 g/mol. The molecule has 0 fully saturated rings. The van der Waals surface area contributed by atoms with E-state index >= 15 is 0 Å². The topological polar surface area (TPSA) is 59.8 Å². The Hall–Kier alpha value is -1.30. The van der Waals surface area contributed by atoms with E-state index in [4.69, 9.17) is 15.3 Å². The van der Waals surface area contributed by atoms with Crippen molar-refractivity contribution < 1.29 is 9.47 Å². The first kappa shape index (κ1) is 12.8. The van der Waals surface area contributed by atoms with Crippen molar-refractivity contribution in [2.45, 2.75) is 6.17 Å². The molecular formula is C11H19N3O2. The number of ether oxygens (including phenoxy) is 2. The normalized spacial score (nSPS) is 12.6. The average molecular weight is 225 g/mol. The van der Waals surface area contributed by atoms with Crippen molar-refractivity contribution in [3.05, 3.63) is 23.8 Å². The minimum atomic E-state index is -0.0557. The van der Waals surface area contributed by atoms with Crippen LogP contribution in [0.25, 0.3) is 0 Å². The molecule has 0 aliphatic carbocycles. The lowest BCUT2D eigenvalue weighted by Gasteiger charge is -2.24. The van der Waals surface area contributed by atoms with Crippen molar-refractivity contribution in [3.63, 3.8) is 0 Å². The van der Waals surface area contributed by atoms with Gasteiger partial charge in [0.2, 0.25) is 0 Å². The van der Waals surface area contributed by atoms with Crippen LogP contribution in [0.15, 0.2) is 18.2 Å². The van der Waals surface area contributed by atoms with Gasteiger partial charge in [-0.05, 0) is 31.8 Å². The van der Waals surface area contributed by atoms with Gasteiger partial charge >= 0.3 is 0 Å². The van der Waals surface area contributed by atoms with Crippen LogP contribution in [0.2, 0.25) is 0 Å². The van der Waals surface area contributed by atoms with E-state index in [0.717, 1.165) is 5.56 Å². The number of methoxy groups -OCH3 is 2. The Bertz CT molecular complexity index is 342. The Kier molecular flexibility index (Phi) is 4.54. The van der Waals surface area contributed by atoms with E-state index in [-0.39, 0.29) is 6.17 Å². The molecule has 0 amide bonds. The molecule has 1 aromatic carbocycles. The first-order valence-electron chi connectivity index (χ1n) is 4.98. The summed E-state index contributed by atoms with van der Waals surface area (Å²) >= 11 is 0. The highest BCUT2D eigenvalue weighted by atomic mass is 16.5. The van der Waals surface area contributed by atoms with Crippen molar-refractivity contribution in [2.24, 2.45) is 5.84 Å². The summed E-state index contributed by atoms with van der Waals surface area (Å²) in [6, 6.07) is 5.72. The van der Waals surface area contributed by atoms with Crippen LogP contribution in [0, 0.1) is 0 Å². The summed E-state index contributed by atoms with van der Waals surface area (Å²) in [5.41, 5.74) is 3.75. The minimum absolute atomic E-state index is 0.0557. The predicted octanol–water partition coefficient (Wildman–Crippen LogP) is 0.727. The number of hydrogen-bond donors (Lipinski definition) is 2. The number of rotatable bonds is 5. The molecule has 1 rings (SSSR count). The molecule has 0 bridgehead atoms. The maximum atomic E-state index is 5.50. The van der Waals surface area contributed by atoms with Gasteiger partial charge in [0.25, 0.3) is 0 Å². The third-order valence-corrected chi connectivity index (χ3v) is 2.40. The van der Waals surface area contributed by atoms with Gasteiger partial charge < -0.3 is 9.47 Å². The fraction of sp³-hybridized carbons (Fsp3) is 0.455. The van der Waals surface area contributed by atoms with Gasteiger partial charge in [-0.25, -0.2) is 5.43 Å². The summed E-state index contributed by atoms with van der Waals surface area (Å²) in [6.45, 7) is 0. The zero-order chi connectivity index (χ0) is 12.1. The lowest BCUT2D eigenvalue weighted by molar-refractivity contribution is 0.251. The highest BCUT2D eigenvalue weighted by Crippen LogP contribution is 2.30. The van der Waals surface area contributed by atoms with Crippen LogP contribution < -0.4 is 20.7 Å². The van der Waals surface area contributed by atoms with E-state index in [1.807, 2.05) is 37.2 Å². The van der Waals surface area contributed by atoms with E-state index in [2.05, 4.69) is 5.43 Å². The summed E-state index contributed by atoms with van der Waals surface area (Å²) in [5, 5.41) is 0. The molecule has 1 aromatic rings. The number of hydrazine groups is 1. The molecule has 0 radical (unpaired) electrons. The Morgan fingerprint density at radius 1 is 1.19 bits per heavy atom. The highest BCUT2D eigenvalue weighted by Gasteiger charge is 2.14. The molecule has 0 aliphatic rings. The van der Waals surface area contributed by atoms with Gasteiger partial charge in [0.15, 0.2) is 11.5 Å². The van der Waals surface area contributed by atoms with Gasteiger partial charge in [0.1, 0.15) is 0 Å². The molecule has 16 heavy (non-hydrogen) atoms. The first-order chi connectivity index (χ1) is 7.63. The van der Waals surface area contributed by atoms with Crippen molar-refractivity contribution in [3.8, 4) is 11.5 Å². The van der Waals surface area contributed by atoms with Gasteiger partial charge in [-0.2, -0.15) is 0 Å². The zero-order valence-electron chi connectivity index (χ0n) is 10.2. The lowest BCUT2D eigenvalue weighted by atomic mass is 10.1. The average Bonchev–Trinajstić information content (AvgIpc) is 2.29. The van der Waals surface area contributed by atoms with Gasteiger partial charge in [-0.3, -0.25) is 10.7 Å². The van der Waals surface area contributed by atoms with E-state index in [0.29, 0.717) is 11.5 Å². The summed E-state index contributed by atoms with van der Waals surface area (Å²) in [5.74, 6) is 6.91. The molecule has 5 heteroatoms. The van der Waals surface area contributed by atoms with Gasteiger partial charge in [-0.1, -0.05) is 6.07 Å². The summed E-state index contributed by atoms with van der Waals surface area (Å²) in [7, 11) is 7.12. The Morgan fingerprint density at radius 2 is 1.81 bits per heavy atom. The van der Waals surface area contributed by atoms with Crippen LogP contribution in [-0.2, 0) is 0 Å². The quantitative estimate of drug-likeness (QED) is 0.439. The maximum absolute atomic E-state index is 5.50. The Labute approximate surface area is 96.1 Å². The van der Waals surface area contributed by atoms with Crippen LogP contribution >= 0.6 is 0 Å². The van der Waals surface area contributed by atoms with Crippen molar-refractivity contribution in [1.82, 2.24) is 10.3 Å². The van der Waals surface area contributed by atoms with Crippen molar-refractivity contribution in [1.29, 1.82) is 0 Å². The zero-order valence-corrected chi connectivity index (χ0v) is 10.2. The summed E-state index contributed by atoms with van der Waals surface area (Å²) in [4.78, 5) is 1.97. The fourth-order valence-corrected chi connectivity index (χ4v) is 1.57. The molecule has 0 aliphatic heterocycles. The monoisotopic (exact) mass is 225 g/mol. The number of nitrogens with two attached hydrogens (primary N) is 1. The third kappa shape index (κ3) is 2.63. The Morgan fingerprint density at radius 3 is 2.25 bits per heavy atom. The molecule has 5 nitrogen and oxygen atoms in total. The van der Waals surface area contributed by atoms with Gasteiger partial charge in [0.05, 0.1) is 20.4 Å². The minimum Gasteiger partial charge on any atom is -0.493 e.